The molecule has 2 aliphatic rings. The van der Waals surface area contributed by atoms with Crippen molar-refractivity contribution in [2.24, 2.45) is 0 Å². The van der Waals surface area contributed by atoms with Crippen molar-refractivity contribution in [3.8, 4) is 0 Å². The van der Waals surface area contributed by atoms with E-state index in [1.807, 2.05) is 0 Å². The third kappa shape index (κ3) is 1.81. The summed E-state index contributed by atoms with van der Waals surface area (Å²) in [6.07, 6.45) is 1.83. The van der Waals surface area contributed by atoms with Gasteiger partial charge in [0.15, 0.2) is 5.76 Å². The number of hydrogen-bond acceptors (Lipinski definition) is 3. The van der Waals surface area contributed by atoms with Gasteiger partial charge >= 0.3 is 5.97 Å². The predicted octanol–water partition coefficient (Wildman–Crippen LogP) is 3.00. The van der Waals surface area contributed by atoms with E-state index >= 15 is 0 Å². The first-order valence-electron chi connectivity index (χ1n) is 4.72. The van der Waals surface area contributed by atoms with E-state index < -0.39 is 5.60 Å². The van der Waals surface area contributed by atoms with E-state index in [4.69, 9.17) is 9.47 Å². The van der Waals surface area contributed by atoms with Crippen molar-refractivity contribution in [1.82, 2.24) is 0 Å². The zero-order chi connectivity index (χ0) is 11.1. The zero-order valence-corrected chi connectivity index (χ0v) is 11.4. The molecule has 2 aliphatic heterocycles. The summed E-state index contributed by atoms with van der Waals surface area (Å²) in [6, 6.07) is 0. The number of ether oxygens (including phenoxy) is 2. The molecule has 82 valence electrons. The quantitative estimate of drug-likeness (QED) is 0.587. The molecule has 0 bridgehead atoms. The molecule has 0 amide bonds. The number of rotatable bonds is 3. The van der Waals surface area contributed by atoms with Crippen LogP contribution >= 0.6 is 31.9 Å². The lowest BCUT2D eigenvalue weighted by molar-refractivity contribution is -0.133. The molecule has 0 saturated carbocycles. The monoisotopic (exact) mass is 336 g/mol. The average molecular weight is 338 g/mol. The molecule has 15 heavy (non-hydrogen) atoms. The summed E-state index contributed by atoms with van der Waals surface area (Å²) in [5, 5.41) is 0. The summed E-state index contributed by atoms with van der Waals surface area (Å²) in [5.41, 5.74) is 0.220. The molecular formula is C10H10Br2O3. The Hall–Kier alpha value is -0.130. The van der Waals surface area contributed by atoms with Crippen LogP contribution in [0, 0.1) is 0 Å². The number of carbonyl (C=O) groups is 1. The van der Waals surface area contributed by atoms with Gasteiger partial charge in [-0.25, -0.2) is 4.79 Å². The summed E-state index contributed by atoms with van der Waals surface area (Å²) >= 11 is 6.53. The highest BCUT2D eigenvalue weighted by Gasteiger charge is 2.54. The van der Waals surface area contributed by atoms with Gasteiger partial charge in [0.05, 0.1) is 16.7 Å². The van der Waals surface area contributed by atoms with Gasteiger partial charge in [0.2, 0.25) is 0 Å². The van der Waals surface area contributed by atoms with E-state index in [1.165, 1.54) is 0 Å². The maximum Gasteiger partial charge on any atom is 0.343 e. The van der Waals surface area contributed by atoms with Crippen molar-refractivity contribution in [2.75, 3.05) is 6.61 Å². The second-order valence-electron chi connectivity index (χ2n) is 3.58. The Kier molecular flexibility index (Phi) is 3.05. The number of allylic oxidation sites excluding steroid dienone is 1. The topological polar surface area (TPSA) is 38.8 Å². The van der Waals surface area contributed by atoms with Crippen LogP contribution in [0.2, 0.25) is 0 Å². The summed E-state index contributed by atoms with van der Waals surface area (Å²) in [4.78, 5) is 13.3. The van der Waals surface area contributed by atoms with Gasteiger partial charge in [-0.05, 0) is 22.4 Å². The second kappa shape index (κ2) is 4.03. The summed E-state index contributed by atoms with van der Waals surface area (Å²) < 4.78 is 11.2. The Morgan fingerprint density at radius 1 is 1.60 bits per heavy atom. The van der Waals surface area contributed by atoms with Crippen molar-refractivity contribution in [2.45, 2.75) is 25.4 Å². The van der Waals surface area contributed by atoms with E-state index in [0.717, 1.165) is 12.8 Å². The molecule has 0 N–H and O–H groups in total. The number of carbonyl (C=O) groups excluding carboxylic acids is 1. The minimum atomic E-state index is -0.400. The molecule has 2 rings (SSSR count). The summed E-state index contributed by atoms with van der Waals surface area (Å²) in [7, 11) is 0. The van der Waals surface area contributed by atoms with Gasteiger partial charge in [-0.3, -0.25) is 0 Å². The van der Waals surface area contributed by atoms with Crippen LogP contribution in [0.15, 0.2) is 20.8 Å². The lowest BCUT2D eigenvalue weighted by Gasteiger charge is -2.08. The highest BCUT2D eigenvalue weighted by atomic mass is 79.9. The van der Waals surface area contributed by atoms with Crippen molar-refractivity contribution in [1.29, 1.82) is 0 Å². The van der Waals surface area contributed by atoms with Gasteiger partial charge in [-0.1, -0.05) is 29.3 Å². The molecule has 1 atom stereocenters. The van der Waals surface area contributed by atoms with Gasteiger partial charge in [0.1, 0.15) is 5.60 Å². The second-order valence-corrected chi connectivity index (χ2v) is 4.84. The largest absolute Gasteiger partial charge is 0.421 e. The van der Waals surface area contributed by atoms with Gasteiger partial charge in [-0.15, -0.1) is 0 Å². The first kappa shape index (κ1) is 11.4. The molecule has 0 radical (unpaired) electrons. The van der Waals surface area contributed by atoms with E-state index in [2.05, 4.69) is 38.8 Å². The fourth-order valence-electron chi connectivity index (χ4n) is 1.77. The molecule has 0 aromatic rings. The molecular weight excluding hydrogens is 328 g/mol. The van der Waals surface area contributed by atoms with Crippen molar-refractivity contribution >= 4 is 37.8 Å². The van der Waals surface area contributed by atoms with Crippen LogP contribution < -0.4 is 0 Å². The molecule has 1 fully saturated rings. The van der Waals surface area contributed by atoms with Crippen molar-refractivity contribution in [3.63, 3.8) is 0 Å². The Balaban J connectivity index is 2.35. The molecule has 0 spiro atoms. The lowest BCUT2D eigenvalue weighted by Crippen LogP contribution is -2.19. The van der Waals surface area contributed by atoms with Crippen LogP contribution in [0.4, 0.5) is 0 Å². The van der Waals surface area contributed by atoms with E-state index in [9.17, 15) is 4.79 Å². The third-order valence-electron chi connectivity index (χ3n) is 2.54. The highest BCUT2D eigenvalue weighted by Crippen LogP contribution is 2.47. The summed E-state index contributed by atoms with van der Waals surface area (Å²) in [5.74, 6) is 0.208. The van der Waals surface area contributed by atoms with Crippen LogP contribution in [0.25, 0.3) is 0 Å². The molecule has 0 aliphatic carbocycles. The zero-order valence-electron chi connectivity index (χ0n) is 8.18. The maximum atomic E-state index is 11.7. The number of cyclic esters (lactones) is 1. The Morgan fingerprint density at radius 3 is 2.67 bits per heavy atom. The number of hydrogen-bond donors (Lipinski definition) is 0. The fraction of sp³-hybridized carbons (Fsp3) is 0.500. The van der Waals surface area contributed by atoms with Gasteiger partial charge in [0.25, 0.3) is 0 Å². The maximum absolute atomic E-state index is 11.7. The van der Waals surface area contributed by atoms with E-state index in [-0.39, 0.29) is 5.97 Å². The first-order chi connectivity index (χ1) is 7.14. The first-order valence-corrected chi connectivity index (χ1v) is 6.42. The summed E-state index contributed by atoms with van der Waals surface area (Å²) in [6.45, 7) is 2.68. The highest BCUT2D eigenvalue weighted by molar-refractivity contribution is 9.12. The molecule has 3 nitrogen and oxygen atoms in total. The van der Waals surface area contributed by atoms with Gasteiger partial charge < -0.3 is 9.47 Å². The van der Waals surface area contributed by atoms with Crippen LogP contribution in [0.1, 0.15) is 19.8 Å². The molecule has 0 aromatic heterocycles. The third-order valence-corrected chi connectivity index (χ3v) is 3.75. The van der Waals surface area contributed by atoms with Crippen LogP contribution in [0.3, 0.4) is 0 Å². The molecule has 1 saturated heterocycles. The van der Waals surface area contributed by atoms with Crippen LogP contribution in [0.5, 0.6) is 0 Å². The minimum absolute atomic E-state index is 0.307. The van der Waals surface area contributed by atoms with Crippen molar-refractivity contribution < 1.29 is 14.3 Å². The van der Waals surface area contributed by atoms with Crippen LogP contribution in [-0.2, 0) is 14.3 Å². The minimum Gasteiger partial charge on any atom is -0.421 e. The average Bonchev–Trinajstić information content (AvgIpc) is 2.89. The fourth-order valence-corrected chi connectivity index (χ4v) is 3.12. The molecule has 2 heterocycles. The standard InChI is InChI=1S/C10H10Br2O3/c1-2-3-10(5-14-10)7-8(12)6(4-11)15-9(7)13/h4H,2-3,5H2,1H3. The number of epoxide rings is 1. The lowest BCUT2D eigenvalue weighted by atomic mass is 9.95. The van der Waals surface area contributed by atoms with Gasteiger partial charge in [-0.2, -0.15) is 0 Å². The van der Waals surface area contributed by atoms with Gasteiger partial charge in [0, 0.05) is 4.99 Å². The Bertz CT molecular complexity index is 367. The van der Waals surface area contributed by atoms with Crippen molar-refractivity contribution in [3.05, 3.63) is 20.8 Å². The smallest absolute Gasteiger partial charge is 0.343 e. The number of halogens is 2. The molecule has 1 unspecified atom stereocenters. The Labute approximate surface area is 105 Å². The van der Waals surface area contributed by atoms with E-state index in [0.29, 0.717) is 22.4 Å². The predicted molar refractivity (Wildman–Crippen MR) is 62.6 cm³/mol. The SMILES string of the molecule is CCCC1(C2=C(Br)C(=CBr)OC2=O)CO1. The normalized spacial score (nSPS) is 32.5. The molecule has 0 aromatic carbocycles. The number of esters is 1. The molecule has 5 heteroatoms. The van der Waals surface area contributed by atoms with E-state index in [1.54, 1.807) is 4.99 Å². The Morgan fingerprint density at radius 2 is 2.27 bits per heavy atom. The van der Waals surface area contributed by atoms with Crippen LogP contribution in [-0.4, -0.2) is 18.2 Å².